The summed E-state index contributed by atoms with van der Waals surface area (Å²) in [4.78, 5) is 27.7. The Morgan fingerprint density at radius 1 is 0.951 bits per heavy atom. The molecule has 10 heteroatoms. The Hall–Kier alpha value is -4.62. The van der Waals surface area contributed by atoms with Gasteiger partial charge >= 0.3 is 6.18 Å². The summed E-state index contributed by atoms with van der Waals surface area (Å²) in [5, 5.41) is 15.4. The third-order valence-corrected chi connectivity index (χ3v) is 7.08. The predicted octanol–water partition coefficient (Wildman–Crippen LogP) is 5.90. The number of furan rings is 1. The van der Waals surface area contributed by atoms with E-state index in [9.17, 15) is 22.8 Å². The number of amides is 2. The van der Waals surface area contributed by atoms with E-state index >= 15 is 0 Å². The normalized spacial score (nSPS) is 14.5. The Morgan fingerprint density at radius 2 is 1.63 bits per heavy atom. The van der Waals surface area contributed by atoms with Crippen molar-refractivity contribution >= 4 is 28.5 Å². The van der Waals surface area contributed by atoms with Gasteiger partial charge in [-0.3, -0.25) is 14.5 Å². The van der Waals surface area contributed by atoms with Gasteiger partial charge in [-0.05, 0) is 72.5 Å². The fourth-order valence-corrected chi connectivity index (χ4v) is 4.87. The number of fused-ring (bicyclic) bond motifs is 1. The Kier molecular flexibility index (Phi) is 8.08. The SMILES string of the molecule is N#Cc1ccc(CN2CCC(NC(=O)c3cc4cc(NC(=O)Cc5ccc(C(F)(F)F)cc5)ccc4o3)CC2)cc1. The van der Waals surface area contributed by atoms with Crippen LogP contribution in [0.3, 0.4) is 0 Å². The first kappa shape index (κ1) is 27.9. The van der Waals surface area contributed by atoms with Gasteiger partial charge in [0.2, 0.25) is 5.91 Å². The Balaban J connectivity index is 1.12. The van der Waals surface area contributed by atoms with E-state index in [0.717, 1.165) is 50.2 Å². The molecule has 0 aliphatic carbocycles. The molecule has 1 aliphatic rings. The van der Waals surface area contributed by atoms with E-state index in [-0.39, 0.29) is 30.0 Å². The van der Waals surface area contributed by atoms with Gasteiger partial charge in [0.05, 0.1) is 23.6 Å². The summed E-state index contributed by atoms with van der Waals surface area (Å²) in [6.45, 7) is 2.46. The minimum atomic E-state index is -4.43. The van der Waals surface area contributed by atoms with Gasteiger partial charge in [-0.2, -0.15) is 18.4 Å². The second-order valence-corrected chi connectivity index (χ2v) is 10.1. The first-order chi connectivity index (χ1) is 19.7. The number of hydrogen-bond acceptors (Lipinski definition) is 5. The molecule has 1 fully saturated rings. The number of benzene rings is 3. The smallest absolute Gasteiger partial charge is 0.416 e. The van der Waals surface area contributed by atoms with Crippen molar-refractivity contribution in [1.29, 1.82) is 5.26 Å². The molecule has 1 saturated heterocycles. The van der Waals surface area contributed by atoms with Crippen LogP contribution in [0.4, 0.5) is 18.9 Å². The molecule has 2 amide bonds. The minimum absolute atomic E-state index is 0.0213. The van der Waals surface area contributed by atoms with E-state index in [1.807, 2.05) is 24.3 Å². The fourth-order valence-electron chi connectivity index (χ4n) is 4.87. The van der Waals surface area contributed by atoms with Crippen molar-refractivity contribution in [3.63, 3.8) is 0 Å². The lowest BCUT2D eigenvalue weighted by Gasteiger charge is -2.32. The minimum Gasteiger partial charge on any atom is -0.451 e. The first-order valence-electron chi connectivity index (χ1n) is 13.2. The second kappa shape index (κ2) is 11.9. The molecule has 41 heavy (non-hydrogen) atoms. The Morgan fingerprint density at radius 3 is 2.29 bits per heavy atom. The lowest BCUT2D eigenvalue weighted by Crippen LogP contribution is -2.44. The first-order valence-corrected chi connectivity index (χ1v) is 13.2. The van der Waals surface area contributed by atoms with Crippen molar-refractivity contribution in [3.05, 3.63) is 101 Å². The number of anilines is 1. The molecule has 210 valence electrons. The average Bonchev–Trinajstić information content (AvgIpc) is 3.38. The summed E-state index contributed by atoms with van der Waals surface area (Å²) in [5.74, 6) is -0.510. The highest BCUT2D eigenvalue weighted by molar-refractivity contribution is 5.98. The summed E-state index contributed by atoms with van der Waals surface area (Å²) in [6, 6.07) is 20.8. The summed E-state index contributed by atoms with van der Waals surface area (Å²) in [7, 11) is 0. The summed E-state index contributed by atoms with van der Waals surface area (Å²) >= 11 is 0. The largest absolute Gasteiger partial charge is 0.451 e. The van der Waals surface area contributed by atoms with Gasteiger partial charge in [-0.15, -0.1) is 0 Å². The zero-order valence-corrected chi connectivity index (χ0v) is 22.0. The quantitative estimate of drug-likeness (QED) is 0.293. The summed E-state index contributed by atoms with van der Waals surface area (Å²) in [5.41, 5.74) is 2.45. The second-order valence-electron chi connectivity index (χ2n) is 10.1. The van der Waals surface area contributed by atoms with Crippen molar-refractivity contribution in [3.8, 4) is 6.07 Å². The van der Waals surface area contributed by atoms with Crippen molar-refractivity contribution in [2.45, 2.75) is 38.0 Å². The number of hydrogen-bond donors (Lipinski definition) is 2. The van der Waals surface area contributed by atoms with E-state index in [2.05, 4.69) is 21.6 Å². The zero-order chi connectivity index (χ0) is 29.0. The number of carbonyl (C=O) groups excluding carboxylic acids is 2. The fraction of sp³-hybridized carbons (Fsp3) is 0.258. The highest BCUT2D eigenvalue weighted by atomic mass is 19.4. The number of nitriles is 1. The van der Waals surface area contributed by atoms with E-state index in [1.165, 1.54) is 12.1 Å². The maximum absolute atomic E-state index is 12.9. The average molecular weight is 561 g/mol. The van der Waals surface area contributed by atoms with Crippen LogP contribution in [-0.4, -0.2) is 35.8 Å². The van der Waals surface area contributed by atoms with Gasteiger partial charge < -0.3 is 15.1 Å². The number of halogens is 3. The molecule has 0 unspecified atom stereocenters. The summed E-state index contributed by atoms with van der Waals surface area (Å²) in [6.07, 6.45) is -2.90. The van der Waals surface area contributed by atoms with Crippen molar-refractivity contribution in [2.24, 2.45) is 0 Å². The van der Waals surface area contributed by atoms with Gasteiger partial charge in [0.25, 0.3) is 5.91 Å². The van der Waals surface area contributed by atoms with Crippen LogP contribution < -0.4 is 10.6 Å². The van der Waals surface area contributed by atoms with Crippen LogP contribution in [0, 0.1) is 11.3 Å². The Bertz CT molecular complexity index is 1580. The van der Waals surface area contributed by atoms with Gasteiger partial charge in [-0.25, -0.2) is 0 Å². The van der Waals surface area contributed by atoms with E-state index < -0.39 is 11.7 Å². The predicted molar refractivity (Wildman–Crippen MR) is 147 cm³/mol. The topological polar surface area (TPSA) is 98.4 Å². The third kappa shape index (κ3) is 7.13. The molecule has 0 bridgehead atoms. The Labute approximate surface area is 234 Å². The number of rotatable bonds is 7. The van der Waals surface area contributed by atoms with Crippen LogP contribution in [0.25, 0.3) is 11.0 Å². The number of carbonyl (C=O) groups is 2. The standard InChI is InChI=1S/C31H27F3N4O3/c32-31(33,34)24-7-5-20(6-8-24)15-29(39)36-26-9-10-27-23(16-26)17-28(41-27)30(40)37-25-11-13-38(14-12-25)19-22-3-1-21(18-35)2-4-22/h1-10,16-17,25H,11-15,19H2,(H,36,39)(H,37,40). The molecular weight excluding hydrogens is 533 g/mol. The molecule has 0 atom stereocenters. The van der Waals surface area contributed by atoms with Crippen LogP contribution >= 0.6 is 0 Å². The van der Waals surface area contributed by atoms with Gasteiger partial charge in [0.15, 0.2) is 5.76 Å². The lowest BCUT2D eigenvalue weighted by atomic mass is 10.0. The number of nitrogens with one attached hydrogen (secondary N) is 2. The lowest BCUT2D eigenvalue weighted by molar-refractivity contribution is -0.137. The molecule has 2 heterocycles. The molecule has 2 N–H and O–H groups in total. The molecule has 5 rings (SSSR count). The van der Waals surface area contributed by atoms with Crippen molar-refractivity contribution in [2.75, 3.05) is 18.4 Å². The van der Waals surface area contributed by atoms with Crippen LogP contribution in [0.15, 0.2) is 77.2 Å². The maximum atomic E-state index is 12.9. The zero-order valence-electron chi connectivity index (χ0n) is 22.0. The monoisotopic (exact) mass is 560 g/mol. The number of nitrogens with zero attached hydrogens (tertiary/aromatic N) is 2. The van der Waals surface area contributed by atoms with Crippen LogP contribution in [0.1, 0.15) is 45.7 Å². The molecule has 0 radical (unpaired) electrons. The van der Waals surface area contributed by atoms with E-state index in [1.54, 1.807) is 24.3 Å². The van der Waals surface area contributed by atoms with Crippen molar-refractivity contribution in [1.82, 2.24) is 10.2 Å². The molecule has 4 aromatic rings. The van der Waals surface area contributed by atoms with Crippen LogP contribution in [0.2, 0.25) is 0 Å². The number of piperidine rings is 1. The number of alkyl halides is 3. The molecule has 1 aliphatic heterocycles. The van der Waals surface area contributed by atoms with E-state index in [0.29, 0.717) is 27.8 Å². The molecular formula is C31H27F3N4O3. The van der Waals surface area contributed by atoms with Gasteiger partial charge in [-0.1, -0.05) is 24.3 Å². The van der Waals surface area contributed by atoms with Crippen LogP contribution in [-0.2, 0) is 23.9 Å². The van der Waals surface area contributed by atoms with Crippen LogP contribution in [0.5, 0.6) is 0 Å². The van der Waals surface area contributed by atoms with E-state index in [4.69, 9.17) is 9.68 Å². The number of likely N-dealkylation sites (tertiary alicyclic amines) is 1. The van der Waals surface area contributed by atoms with Gasteiger partial charge in [0, 0.05) is 36.7 Å². The maximum Gasteiger partial charge on any atom is 0.416 e. The highest BCUT2D eigenvalue weighted by Gasteiger charge is 2.30. The van der Waals surface area contributed by atoms with Gasteiger partial charge in [0.1, 0.15) is 5.58 Å². The highest BCUT2D eigenvalue weighted by Crippen LogP contribution is 2.29. The summed E-state index contributed by atoms with van der Waals surface area (Å²) < 4.78 is 44.0. The molecule has 3 aromatic carbocycles. The molecule has 7 nitrogen and oxygen atoms in total. The molecule has 1 aromatic heterocycles. The third-order valence-electron chi connectivity index (χ3n) is 7.08. The van der Waals surface area contributed by atoms with Crippen molar-refractivity contribution < 1.29 is 27.2 Å². The molecule has 0 saturated carbocycles. The molecule has 0 spiro atoms.